The van der Waals surface area contributed by atoms with Crippen LogP contribution >= 0.6 is 23.2 Å². The van der Waals surface area contributed by atoms with Gasteiger partial charge in [0.05, 0.1) is 11.4 Å². The van der Waals surface area contributed by atoms with Crippen LogP contribution in [0.4, 0.5) is 5.69 Å². The highest BCUT2D eigenvalue weighted by molar-refractivity contribution is 6.42. The van der Waals surface area contributed by atoms with E-state index in [0.717, 1.165) is 0 Å². The summed E-state index contributed by atoms with van der Waals surface area (Å²) in [6.45, 7) is 0. The molecule has 2 aromatic rings. The van der Waals surface area contributed by atoms with Crippen LogP contribution in [0.2, 0.25) is 10.2 Å². The lowest BCUT2D eigenvalue weighted by molar-refractivity contribution is -0.136. The molecule has 0 aliphatic heterocycles. The normalized spacial score (nSPS) is 10.4. The molecular weight excluding hydrogens is 315 g/mol. The highest BCUT2D eigenvalue weighted by Gasteiger charge is 2.16. The van der Waals surface area contributed by atoms with Gasteiger partial charge in [-0.15, -0.1) is 0 Å². The number of nitrogens with one attached hydrogen (secondary N) is 1. The second kappa shape index (κ2) is 6.20. The van der Waals surface area contributed by atoms with Gasteiger partial charge in [-0.2, -0.15) is 0 Å². The van der Waals surface area contributed by atoms with E-state index < -0.39 is 5.97 Å². The molecule has 0 spiro atoms. The number of anilines is 1. The van der Waals surface area contributed by atoms with Crippen molar-refractivity contribution in [3.63, 3.8) is 0 Å². The predicted molar refractivity (Wildman–Crippen MR) is 81.2 cm³/mol. The van der Waals surface area contributed by atoms with Crippen molar-refractivity contribution in [3.8, 4) is 0 Å². The van der Waals surface area contributed by atoms with E-state index in [1.807, 2.05) is 0 Å². The number of aliphatic carboxylic acids is 1. The number of carboxylic acids is 1. The van der Waals surface area contributed by atoms with Crippen LogP contribution in [0.3, 0.4) is 0 Å². The third kappa shape index (κ3) is 3.56. The molecule has 0 saturated carbocycles. The van der Waals surface area contributed by atoms with Crippen LogP contribution in [-0.4, -0.2) is 21.6 Å². The summed E-state index contributed by atoms with van der Waals surface area (Å²) in [5.41, 5.74) is 1.42. The lowest BCUT2D eigenvalue weighted by atomic mass is 10.1. The number of nitrogens with zero attached hydrogens (tertiary/aromatic N) is 1. The number of amides is 1. The molecule has 0 bridgehead atoms. The average Bonchev–Trinajstić information content (AvgIpc) is 2.66. The van der Waals surface area contributed by atoms with Gasteiger partial charge >= 0.3 is 5.97 Å². The number of hydrogen-bond donors (Lipinski definition) is 2. The molecule has 0 unspecified atom stereocenters. The van der Waals surface area contributed by atoms with Crippen molar-refractivity contribution < 1.29 is 14.7 Å². The van der Waals surface area contributed by atoms with Crippen LogP contribution in [0, 0.1) is 0 Å². The van der Waals surface area contributed by atoms with Gasteiger partial charge in [0.25, 0.3) is 5.91 Å². The second-order valence-electron chi connectivity index (χ2n) is 4.45. The molecule has 1 amide bonds. The monoisotopic (exact) mass is 326 g/mol. The van der Waals surface area contributed by atoms with Crippen molar-refractivity contribution in [3.05, 3.63) is 51.8 Å². The van der Waals surface area contributed by atoms with E-state index in [1.165, 1.54) is 10.6 Å². The number of carbonyl (C=O) groups is 2. The Balaban J connectivity index is 2.19. The van der Waals surface area contributed by atoms with Gasteiger partial charge in [-0.1, -0.05) is 35.3 Å². The molecule has 1 aromatic heterocycles. The smallest absolute Gasteiger partial charge is 0.307 e. The summed E-state index contributed by atoms with van der Waals surface area (Å²) in [6.07, 6.45) is -0.106. The molecule has 0 aliphatic rings. The maximum absolute atomic E-state index is 12.2. The standard InChI is InChI=1S/C14H12Cl2N2O3/c1-18-11(7-10(15)13(18)16)14(21)17-9-4-2-3-8(5-9)6-12(19)20/h2-5,7H,6H2,1H3,(H,17,21)(H,19,20). The predicted octanol–water partition coefficient (Wildman–Crippen LogP) is 3.21. The highest BCUT2D eigenvalue weighted by Crippen LogP contribution is 2.25. The summed E-state index contributed by atoms with van der Waals surface area (Å²) in [4.78, 5) is 22.9. The summed E-state index contributed by atoms with van der Waals surface area (Å²) in [7, 11) is 1.63. The molecule has 2 N–H and O–H groups in total. The van der Waals surface area contributed by atoms with Gasteiger partial charge in [0.1, 0.15) is 10.8 Å². The van der Waals surface area contributed by atoms with Gasteiger partial charge in [-0.3, -0.25) is 9.59 Å². The zero-order valence-electron chi connectivity index (χ0n) is 11.1. The SMILES string of the molecule is Cn1c(C(=O)Nc2cccc(CC(=O)O)c2)cc(Cl)c1Cl. The highest BCUT2D eigenvalue weighted by atomic mass is 35.5. The fraction of sp³-hybridized carbons (Fsp3) is 0.143. The lowest BCUT2D eigenvalue weighted by Gasteiger charge is -2.07. The zero-order chi connectivity index (χ0) is 15.6. The van der Waals surface area contributed by atoms with Gasteiger partial charge in [0, 0.05) is 12.7 Å². The number of carbonyl (C=O) groups excluding carboxylic acids is 1. The van der Waals surface area contributed by atoms with E-state index in [2.05, 4.69) is 5.32 Å². The minimum Gasteiger partial charge on any atom is -0.481 e. The Hall–Kier alpha value is -1.98. The number of rotatable bonds is 4. The Morgan fingerprint density at radius 1 is 1.29 bits per heavy atom. The topological polar surface area (TPSA) is 71.3 Å². The maximum Gasteiger partial charge on any atom is 0.307 e. The second-order valence-corrected chi connectivity index (χ2v) is 5.22. The molecule has 0 atom stereocenters. The first-order valence-electron chi connectivity index (χ1n) is 6.01. The van der Waals surface area contributed by atoms with Crippen LogP contribution in [0.1, 0.15) is 16.1 Å². The summed E-state index contributed by atoms with van der Waals surface area (Å²) in [5.74, 6) is -1.31. The van der Waals surface area contributed by atoms with Crippen molar-refractivity contribution in [2.45, 2.75) is 6.42 Å². The molecule has 0 saturated heterocycles. The largest absolute Gasteiger partial charge is 0.481 e. The molecule has 1 aromatic carbocycles. The van der Waals surface area contributed by atoms with Crippen LogP contribution < -0.4 is 5.32 Å². The van der Waals surface area contributed by atoms with Crippen LogP contribution in [0.25, 0.3) is 0 Å². The molecule has 110 valence electrons. The van der Waals surface area contributed by atoms with E-state index in [-0.39, 0.29) is 17.5 Å². The van der Waals surface area contributed by atoms with Gasteiger partial charge in [0.2, 0.25) is 0 Å². The first kappa shape index (κ1) is 15.4. The van der Waals surface area contributed by atoms with Crippen molar-refractivity contribution >= 4 is 40.8 Å². The van der Waals surface area contributed by atoms with Crippen molar-refractivity contribution in [2.24, 2.45) is 7.05 Å². The number of hydrogen-bond acceptors (Lipinski definition) is 2. The van der Waals surface area contributed by atoms with E-state index in [4.69, 9.17) is 28.3 Å². The quantitative estimate of drug-likeness (QED) is 0.906. The molecule has 0 aliphatic carbocycles. The molecule has 1 heterocycles. The number of aromatic nitrogens is 1. The summed E-state index contributed by atoms with van der Waals surface area (Å²) < 4.78 is 1.47. The average molecular weight is 327 g/mol. The molecule has 2 rings (SSSR count). The van der Waals surface area contributed by atoms with Crippen LogP contribution in [0.15, 0.2) is 30.3 Å². The Morgan fingerprint density at radius 2 is 2.00 bits per heavy atom. The van der Waals surface area contributed by atoms with E-state index in [1.54, 1.807) is 31.3 Å². The Morgan fingerprint density at radius 3 is 2.57 bits per heavy atom. The van der Waals surface area contributed by atoms with Gasteiger partial charge in [-0.25, -0.2) is 0 Å². The molecule has 7 heteroatoms. The summed E-state index contributed by atoms with van der Waals surface area (Å²) in [5, 5.41) is 12.0. The molecule has 21 heavy (non-hydrogen) atoms. The van der Waals surface area contributed by atoms with Crippen molar-refractivity contribution in [1.82, 2.24) is 4.57 Å². The van der Waals surface area contributed by atoms with Crippen LogP contribution in [0.5, 0.6) is 0 Å². The van der Waals surface area contributed by atoms with E-state index in [0.29, 0.717) is 22.0 Å². The zero-order valence-corrected chi connectivity index (χ0v) is 12.6. The summed E-state index contributed by atoms with van der Waals surface area (Å²) in [6, 6.07) is 8.12. The Bertz CT molecular complexity index is 710. The van der Waals surface area contributed by atoms with Gasteiger partial charge < -0.3 is 15.0 Å². The minimum atomic E-state index is -0.931. The third-order valence-corrected chi connectivity index (χ3v) is 3.73. The minimum absolute atomic E-state index is 0.106. The Labute approximate surface area is 131 Å². The lowest BCUT2D eigenvalue weighted by Crippen LogP contribution is -2.15. The number of carboxylic acid groups (broad SMARTS) is 1. The van der Waals surface area contributed by atoms with Crippen molar-refractivity contribution in [1.29, 1.82) is 0 Å². The van der Waals surface area contributed by atoms with Crippen molar-refractivity contribution in [2.75, 3.05) is 5.32 Å². The van der Waals surface area contributed by atoms with Crippen LogP contribution in [-0.2, 0) is 18.3 Å². The Kier molecular flexibility index (Phi) is 4.55. The molecule has 0 radical (unpaired) electrons. The van der Waals surface area contributed by atoms with E-state index >= 15 is 0 Å². The molecule has 5 nitrogen and oxygen atoms in total. The first-order chi connectivity index (χ1) is 9.88. The molecular formula is C14H12Cl2N2O3. The number of benzene rings is 1. The fourth-order valence-electron chi connectivity index (χ4n) is 1.89. The first-order valence-corrected chi connectivity index (χ1v) is 6.77. The third-order valence-electron chi connectivity index (χ3n) is 2.89. The summed E-state index contributed by atoms with van der Waals surface area (Å²) >= 11 is 11.8. The fourth-order valence-corrected chi connectivity index (χ4v) is 2.26. The molecule has 0 fully saturated rings. The maximum atomic E-state index is 12.2. The van der Waals surface area contributed by atoms with Gasteiger partial charge in [0.15, 0.2) is 0 Å². The van der Waals surface area contributed by atoms with E-state index in [9.17, 15) is 9.59 Å². The number of halogens is 2. The van der Waals surface area contributed by atoms with Gasteiger partial charge in [-0.05, 0) is 23.8 Å².